The van der Waals surface area contributed by atoms with E-state index in [0.717, 1.165) is 43.1 Å². The van der Waals surface area contributed by atoms with Gasteiger partial charge in [-0.25, -0.2) is 0 Å². The van der Waals surface area contributed by atoms with E-state index in [4.69, 9.17) is 0 Å². The van der Waals surface area contributed by atoms with Gasteiger partial charge in [0.1, 0.15) is 0 Å². The fourth-order valence-corrected chi connectivity index (χ4v) is 5.94. The van der Waals surface area contributed by atoms with Gasteiger partial charge in [0.15, 0.2) is 0 Å². The number of nitrogens with zero attached hydrogens (tertiary/aromatic N) is 1. The first kappa shape index (κ1) is 20.4. The molecule has 0 aromatic heterocycles. The summed E-state index contributed by atoms with van der Waals surface area (Å²) in [5, 5.41) is 13.6. The molecular formula is C23H33BrN2O2. The number of aliphatic hydroxyl groups excluding tert-OH is 1. The van der Waals surface area contributed by atoms with Crippen molar-refractivity contribution in [1.82, 2.24) is 10.2 Å². The Kier molecular flexibility index (Phi) is 6.74. The van der Waals surface area contributed by atoms with Gasteiger partial charge in [0.2, 0.25) is 5.91 Å². The molecule has 2 aliphatic carbocycles. The maximum atomic E-state index is 13.2. The van der Waals surface area contributed by atoms with Crippen molar-refractivity contribution in [3.05, 3.63) is 33.8 Å². The molecule has 2 fully saturated rings. The minimum atomic E-state index is -0.310. The molecule has 5 heteroatoms. The third kappa shape index (κ3) is 4.47. The average molecular weight is 449 g/mol. The molecule has 28 heavy (non-hydrogen) atoms. The zero-order valence-corrected chi connectivity index (χ0v) is 18.3. The summed E-state index contributed by atoms with van der Waals surface area (Å²) in [7, 11) is 0. The van der Waals surface area contributed by atoms with E-state index in [-0.39, 0.29) is 24.1 Å². The maximum Gasteiger partial charge on any atom is 0.237 e. The van der Waals surface area contributed by atoms with Crippen molar-refractivity contribution in [2.45, 2.75) is 82.4 Å². The van der Waals surface area contributed by atoms with Gasteiger partial charge in [-0.1, -0.05) is 54.1 Å². The number of carbonyl (C=O) groups excluding carboxylic acids is 1. The van der Waals surface area contributed by atoms with Crippen LogP contribution in [0.2, 0.25) is 0 Å². The predicted molar refractivity (Wildman–Crippen MR) is 115 cm³/mol. The monoisotopic (exact) mass is 448 g/mol. The van der Waals surface area contributed by atoms with Crippen molar-refractivity contribution in [2.75, 3.05) is 13.1 Å². The molecule has 0 saturated heterocycles. The van der Waals surface area contributed by atoms with Crippen molar-refractivity contribution in [3.8, 4) is 0 Å². The van der Waals surface area contributed by atoms with E-state index in [2.05, 4.69) is 44.3 Å². The van der Waals surface area contributed by atoms with E-state index in [0.29, 0.717) is 12.5 Å². The number of hydrogen-bond donors (Lipinski definition) is 2. The molecule has 1 amide bonds. The van der Waals surface area contributed by atoms with Gasteiger partial charge in [0, 0.05) is 17.1 Å². The van der Waals surface area contributed by atoms with Crippen LogP contribution in [0.1, 0.15) is 75.0 Å². The Balaban J connectivity index is 1.50. The van der Waals surface area contributed by atoms with Crippen molar-refractivity contribution >= 4 is 21.8 Å². The molecule has 1 aromatic rings. The zero-order valence-electron chi connectivity index (χ0n) is 16.7. The quantitative estimate of drug-likeness (QED) is 0.719. The van der Waals surface area contributed by atoms with E-state index in [1.807, 2.05) is 0 Å². The molecule has 1 aliphatic heterocycles. The SMILES string of the molecule is O=C(CN[C@H]1CCCC[C@@H]1O)N1CCc2cc(Br)ccc2C1C1CCCCC1. The molecule has 0 radical (unpaired) electrons. The lowest BCUT2D eigenvalue weighted by molar-refractivity contribution is -0.135. The van der Waals surface area contributed by atoms with E-state index >= 15 is 0 Å². The Bertz CT molecular complexity index is 689. The normalized spacial score (nSPS) is 28.8. The standard InChI is InChI=1S/C23H33BrN2O2/c24-18-10-11-19-17(14-18)12-13-26(23(19)16-6-2-1-3-7-16)22(28)15-25-20-8-4-5-9-21(20)27/h10-11,14,16,20-21,23,25,27H,1-9,12-13,15H2/t20-,21-,23?/m0/s1. The van der Waals surface area contributed by atoms with Crippen molar-refractivity contribution in [2.24, 2.45) is 5.92 Å². The molecular weight excluding hydrogens is 416 g/mol. The number of rotatable bonds is 4. The number of halogens is 1. The summed E-state index contributed by atoms with van der Waals surface area (Å²) in [5.41, 5.74) is 2.75. The van der Waals surface area contributed by atoms with Crippen LogP contribution in [-0.4, -0.2) is 41.1 Å². The van der Waals surface area contributed by atoms with E-state index < -0.39 is 0 Å². The Morgan fingerprint density at radius 3 is 2.64 bits per heavy atom. The highest BCUT2D eigenvalue weighted by atomic mass is 79.9. The molecule has 3 atom stereocenters. The van der Waals surface area contributed by atoms with Gasteiger partial charge in [0.05, 0.1) is 18.7 Å². The molecule has 1 heterocycles. The first-order chi connectivity index (χ1) is 13.6. The van der Waals surface area contributed by atoms with Gasteiger partial charge in [-0.3, -0.25) is 4.79 Å². The molecule has 0 spiro atoms. The van der Waals surface area contributed by atoms with Crippen molar-refractivity contribution < 1.29 is 9.90 Å². The lowest BCUT2D eigenvalue weighted by atomic mass is 9.77. The average Bonchev–Trinajstić information content (AvgIpc) is 2.72. The van der Waals surface area contributed by atoms with Crippen LogP contribution in [0, 0.1) is 5.92 Å². The second-order valence-electron chi connectivity index (χ2n) is 8.86. The van der Waals surface area contributed by atoms with Gasteiger partial charge < -0.3 is 15.3 Å². The molecule has 3 aliphatic rings. The molecule has 4 rings (SSSR count). The van der Waals surface area contributed by atoms with E-state index in [9.17, 15) is 9.90 Å². The fraction of sp³-hybridized carbons (Fsp3) is 0.696. The number of benzene rings is 1. The smallest absolute Gasteiger partial charge is 0.237 e. The van der Waals surface area contributed by atoms with Gasteiger partial charge in [0.25, 0.3) is 0 Å². The summed E-state index contributed by atoms with van der Waals surface area (Å²) >= 11 is 3.61. The number of carbonyl (C=O) groups is 1. The van der Waals surface area contributed by atoms with Gasteiger partial charge >= 0.3 is 0 Å². The number of amides is 1. The maximum absolute atomic E-state index is 13.2. The summed E-state index contributed by atoms with van der Waals surface area (Å²) in [4.78, 5) is 15.4. The highest BCUT2D eigenvalue weighted by molar-refractivity contribution is 9.10. The molecule has 0 bridgehead atoms. The van der Waals surface area contributed by atoms with Crippen LogP contribution >= 0.6 is 15.9 Å². The summed E-state index contributed by atoms with van der Waals surface area (Å²) < 4.78 is 1.13. The molecule has 4 nitrogen and oxygen atoms in total. The summed E-state index contributed by atoms with van der Waals surface area (Å²) in [6, 6.07) is 6.88. The first-order valence-electron chi connectivity index (χ1n) is 11.1. The summed E-state index contributed by atoms with van der Waals surface area (Å²) in [6.45, 7) is 1.15. The second kappa shape index (κ2) is 9.27. The Morgan fingerprint density at radius 2 is 1.86 bits per heavy atom. The van der Waals surface area contributed by atoms with Crippen LogP contribution in [0.5, 0.6) is 0 Å². The minimum absolute atomic E-state index is 0.0684. The lowest BCUT2D eigenvalue weighted by Crippen LogP contribution is -2.50. The Labute approximate surface area is 177 Å². The third-order valence-electron chi connectivity index (χ3n) is 7.04. The third-order valence-corrected chi connectivity index (χ3v) is 7.54. The lowest BCUT2D eigenvalue weighted by Gasteiger charge is -2.43. The molecule has 2 N–H and O–H groups in total. The first-order valence-corrected chi connectivity index (χ1v) is 11.9. The summed E-state index contributed by atoms with van der Waals surface area (Å²) in [5.74, 6) is 0.764. The van der Waals surface area contributed by atoms with Crippen LogP contribution in [-0.2, 0) is 11.2 Å². The van der Waals surface area contributed by atoms with Crippen LogP contribution in [0.4, 0.5) is 0 Å². The highest BCUT2D eigenvalue weighted by Gasteiger charge is 2.37. The number of hydrogen-bond acceptors (Lipinski definition) is 3. The van der Waals surface area contributed by atoms with Crippen LogP contribution in [0.25, 0.3) is 0 Å². The zero-order chi connectivity index (χ0) is 19.5. The van der Waals surface area contributed by atoms with E-state index in [1.165, 1.54) is 43.2 Å². The van der Waals surface area contributed by atoms with E-state index in [1.54, 1.807) is 0 Å². The number of aliphatic hydroxyl groups is 1. The molecule has 2 saturated carbocycles. The Morgan fingerprint density at radius 1 is 1.11 bits per heavy atom. The highest BCUT2D eigenvalue weighted by Crippen LogP contribution is 2.42. The van der Waals surface area contributed by atoms with Crippen molar-refractivity contribution in [3.63, 3.8) is 0 Å². The molecule has 154 valence electrons. The topological polar surface area (TPSA) is 52.6 Å². The van der Waals surface area contributed by atoms with Gasteiger partial charge in [-0.2, -0.15) is 0 Å². The summed E-state index contributed by atoms with van der Waals surface area (Å²) in [6.07, 6.45) is 11.0. The second-order valence-corrected chi connectivity index (χ2v) is 9.78. The fourth-order valence-electron chi connectivity index (χ4n) is 5.53. The largest absolute Gasteiger partial charge is 0.392 e. The minimum Gasteiger partial charge on any atom is -0.392 e. The van der Waals surface area contributed by atoms with Crippen molar-refractivity contribution in [1.29, 1.82) is 0 Å². The molecule has 1 unspecified atom stereocenters. The van der Waals surface area contributed by atoms with Crippen LogP contribution in [0.3, 0.4) is 0 Å². The number of fused-ring (bicyclic) bond motifs is 1. The molecule has 1 aromatic carbocycles. The van der Waals surface area contributed by atoms with Crippen LogP contribution < -0.4 is 5.32 Å². The number of nitrogens with one attached hydrogen (secondary N) is 1. The Hall–Kier alpha value is -0.910. The van der Waals surface area contributed by atoms with Gasteiger partial charge in [-0.15, -0.1) is 0 Å². The predicted octanol–water partition coefficient (Wildman–Crippen LogP) is 4.35. The van der Waals surface area contributed by atoms with Gasteiger partial charge in [-0.05, 0) is 61.3 Å². The van der Waals surface area contributed by atoms with Crippen LogP contribution in [0.15, 0.2) is 22.7 Å².